The van der Waals surface area contributed by atoms with E-state index in [0.29, 0.717) is 0 Å². The molecule has 0 bridgehead atoms. The summed E-state index contributed by atoms with van der Waals surface area (Å²) < 4.78 is 26.4. The second-order valence-electron chi connectivity index (χ2n) is 15.9. The molecule has 48 heavy (non-hydrogen) atoms. The predicted octanol–water partition coefficient (Wildman–Crippen LogP) is 5.57. The second kappa shape index (κ2) is 10.5. The van der Waals surface area contributed by atoms with E-state index in [9.17, 15) is 0 Å². The summed E-state index contributed by atoms with van der Waals surface area (Å²) in [6.45, 7) is 19.4. The van der Waals surface area contributed by atoms with Gasteiger partial charge in [-0.2, -0.15) is 0 Å². The Labute approximate surface area is 286 Å². The van der Waals surface area contributed by atoms with Gasteiger partial charge in [-0.1, -0.05) is 91.5 Å². The molecular formula is C40H43B2NO4Si. The van der Waals surface area contributed by atoms with Gasteiger partial charge in [-0.05, 0) is 104 Å². The predicted molar refractivity (Wildman–Crippen MR) is 203 cm³/mol. The van der Waals surface area contributed by atoms with E-state index in [1.54, 1.807) is 0 Å². The molecule has 4 heterocycles. The van der Waals surface area contributed by atoms with Crippen LogP contribution in [0.15, 0.2) is 85.1 Å². The maximum absolute atomic E-state index is 6.60. The molecule has 0 unspecified atom stereocenters. The Morgan fingerprint density at radius 3 is 1.54 bits per heavy atom. The Kier molecular flexibility index (Phi) is 6.93. The lowest BCUT2D eigenvalue weighted by atomic mass is 9.78. The zero-order chi connectivity index (χ0) is 33.9. The zero-order valence-corrected chi connectivity index (χ0v) is 30.5. The van der Waals surface area contributed by atoms with E-state index in [2.05, 4.69) is 147 Å². The molecule has 4 aromatic carbocycles. The molecule has 8 heteroatoms. The van der Waals surface area contributed by atoms with Crippen molar-refractivity contribution in [2.75, 3.05) is 0 Å². The van der Waals surface area contributed by atoms with E-state index in [0.717, 1.165) is 21.8 Å². The van der Waals surface area contributed by atoms with Crippen LogP contribution in [0.2, 0.25) is 6.55 Å². The van der Waals surface area contributed by atoms with Gasteiger partial charge in [0, 0.05) is 17.0 Å². The van der Waals surface area contributed by atoms with Crippen molar-refractivity contribution in [2.45, 2.75) is 84.3 Å². The number of nitrogens with zero attached hydrogens (tertiary/aromatic N) is 1. The number of fused-ring (bicyclic) bond motifs is 5. The van der Waals surface area contributed by atoms with E-state index in [1.165, 1.54) is 37.5 Å². The summed E-state index contributed by atoms with van der Waals surface area (Å²) in [6.07, 6.45) is 6.46. The second-order valence-corrected chi connectivity index (χ2v) is 19.7. The van der Waals surface area contributed by atoms with Gasteiger partial charge >= 0.3 is 14.2 Å². The van der Waals surface area contributed by atoms with Crippen LogP contribution in [0, 0.1) is 0 Å². The first-order valence-corrected chi connectivity index (χ1v) is 19.6. The van der Waals surface area contributed by atoms with Crippen LogP contribution in [0.1, 0.15) is 66.5 Å². The van der Waals surface area contributed by atoms with E-state index < -0.39 is 44.7 Å². The lowest BCUT2D eigenvalue weighted by Crippen LogP contribution is -2.67. The monoisotopic (exact) mass is 651 g/mol. The minimum atomic E-state index is -2.82. The Morgan fingerprint density at radius 2 is 1.02 bits per heavy atom. The topological polar surface area (TPSA) is 49.8 Å². The zero-order valence-electron chi connectivity index (χ0n) is 29.5. The Balaban J connectivity index is 1.40. The SMILES string of the molecule is CC1(C)OB(c2ccc3c(c2)[Si](C)(c2cccc4ccc5cccnc5c24)c2cc(B4OC(C)(C)C(C)(C)O4)ccc2C=C3)OC1(C)C. The number of hydrogen-bond donors (Lipinski definition) is 0. The van der Waals surface area contributed by atoms with Crippen LogP contribution in [0.3, 0.4) is 0 Å². The number of hydrogen-bond acceptors (Lipinski definition) is 5. The standard InChI is InChI=1S/C40H43B2NO4Si/c1-37(2)38(3,4)45-41(44-37)30-21-19-26-15-16-27-20-22-31(42-46-39(5,6)40(7,8)47-42)25-34(27)48(9,33(26)24-30)32-14-10-12-28-17-18-29-13-11-23-43-36(29)35(28)32/h10-25H,1-9H3. The lowest BCUT2D eigenvalue weighted by molar-refractivity contribution is 0.00578. The van der Waals surface area contributed by atoms with Gasteiger partial charge in [0.1, 0.15) is 8.07 Å². The Bertz CT molecular complexity index is 2040. The molecule has 5 aromatic rings. The van der Waals surface area contributed by atoms with Crippen LogP contribution in [0.25, 0.3) is 33.8 Å². The molecule has 8 rings (SSSR count). The molecule has 0 N–H and O–H groups in total. The number of benzene rings is 4. The lowest BCUT2D eigenvalue weighted by Gasteiger charge is -2.33. The van der Waals surface area contributed by atoms with E-state index in [4.69, 9.17) is 23.6 Å². The van der Waals surface area contributed by atoms with Gasteiger partial charge in [0.2, 0.25) is 0 Å². The normalized spacial score (nSPS) is 21.4. The van der Waals surface area contributed by atoms with Crippen LogP contribution in [0.4, 0.5) is 0 Å². The quantitative estimate of drug-likeness (QED) is 0.189. The third-order valence-electron chi connectivity index (χ3n) is 11.9. The minimum Gasteiger partial charge on any atom is -0.399 e. The first-order valence-electron chi connectivity index (χ1n) is 17.1. The molecule has 0 radical (unpaired) electrons. The number of pyridine rings is 1. The van der Waals surface area contributed by atoms with E-state index in [1.807, 2.05) is 12.3 Å². The van der Waals surface area contributed by atoms with Gasteiger partial charge in [-0.15, -0.1) is 0 Å². The van der Waals surface area contributed by atoms with Gasteiger partial charge in [0.05, 0.1) is 27.9 Å². The molecule has 0 amide bonds. The highest BCUT2D eigenvalue weighted by atomic mass is 28.3. The average molecular weight is 651 g/mol. The summed E-state index contributed by atoms with van der Waals surface area (Å²) in [5, 5.41) is 7.50. The van der Waals surface area contributed by atoms with E-state index in [-0.39, 0.29) is 0 Å². The maximum atomic E-state index is 6.60. The van der Waals surface area contributed by atoms with Crippen molar-refractivity contribution in [2.24, 2.45) is 0 Å². The third kappa shape index (κ3) is 4.64. The van der Waals surface area contributed by atoms with Crippen LogP contribution in [-0.2, 0) is 18.6 Å². The van der Waals surface area contributed by atoms with Crippen molar-refractivity contribution in [1.82, 2.24) is 4.98 Å². The molecule has 1 aromatic heterocycles. The van der Waals surface area contributed by atoms with Crippen molar-refractivity contribution < 1.29 is 18.6 Å². The molecule has 2 fully saturated rings. The molecule has 3 aliphatic heterocycles. The molecule has 242 valence electrons. The third-order valence-corrected chi connectivity index (χ3v) is 16.4. The summed E-state index contributed by atoms with van der Waals surface area (Å²) in [6, 6.07) is 28.9. The van der Waals surface area contributed by atoms with Crippen molar-refractivity contribution in [1.29, 1.82) is 0 Å². The highest BCUT2D eigenvalue weighted by Gasteiger charge is 2.53. The van der Waals surface area contributed by atoms with Crippen LogP contribution < -0.4 is 26.5 Å². The summed E-state index contributed by atoms with van der Waals surface area (Å²) in [7, 11) is -3.74. The number of rotatable bonds is 3. The van der Waals surface area contributed by atoms with Crippen LogP contribution >= 0.6 is 0 Å². The Hall–Kier alpha value is -3.52. The van der Waals surface area contributed by atoms with Gasteiger partial charge in [-0.3, -0.25) is 4.98 Å². The van der Waals surface area contributed by atoms with Crippen molar-refractivity contribution >= 4 is 82.6 Å². The fourth-order valence-electron chi connectivity index (χ4n) is 7.50. The first-order chi connectivity index (χ1) is 22.6. The van der Waals surface area contributed by atoms with Gasteiger partial charge in [0.15, 0.2) is 0 Å². The molecule has 5 nitrogen and oxygen atoms in total. The Morgan fingerprint density at radius 1 is 0.542 bits per heavy atom. The van der Waals surface area contributed by atoms with E-state index >= 15 is 0 Å². The summed E-state index contributed by atoms with van der Waals surface area (Å²) in [4.78, 5) is 4.98. The fourth-order valence-corrected chi connectivity index (χ4v) is 12.0. The summed E-state index contributed by atoms with van der Waals surface area (Å²) in [5.41, 5.74) is 3.79. The fraction of sp³-hybridized carbons (Fsp3) is 0.325. The van der Waals surface area contributed by atoms with Gasteiger partial charge < -0.3 is 18.6 Å². The number of aromatic nitrogens is 1. The average Bonchev–Trinajstić information content (AvgIpc) is 3.35. The highest BCUT2D eigenvalue weighted by Crippen LogP contribution is 2.38. The molecule has 0 aliphatic carbocycles. The summed E-state index contributed by atoms with van der Waals surface area (Å²) >= 11 is 0. The molecular weight excluding hydrogens is 608 g/mol. The van der Waals surface area contributed by atoms with Gasteiger partial charge in [-0.25, -0.2) is 0 Å². The highest BCUT2D eigenvalue weighted by molar-refractivity contribution is 7.12. The largest absolute Gasteiger partial charge is 0.494 e. The molecule has 2 saturated heterocycles. The summed E-state index contributed by atoms with van der Waals surface area (Å²) in [5.74, 6) is 0. The van der Waals surface area contributed by atoms with Crippen molar-refractivity contribution in [3.63, 3.8) is 0 Å². The molecule has 0 saturated carbocycles. The maximum Gasteiger partial charge on any atom is 0.494 e. The van der Waals surface area contributed by atoms with Crippen LogP contribution in [-0.4, -0.2) is 49.7 Å². The molecule has 0 atom stereocenters. The minimum absolute atomic E-state index is 0.435. The van der Waals surface area contributed by atoms with Crippen molar-refractivity contribution in [3.8, 4) is 0 Å². The van der Waals surface area contributed by atoms with Crippen LogP contribution in [0.5, 0.6) is 0 Å². The molecule has 3 aliphatic rings. The van der Waals surface area contributed by atoms with Gasteiger partial charge in [0.25, 0.3) is 0 Å². The van der Waals surface area contributed by atoms with Crippen molar-refractivity contribution in [3.05, 3.63) is 96.2 Å². The smallest absolute Gasteiger partial charge is 0.399 e. The molecule has 0 spiro atoms. The first kappa shape index (κ1) is 31.7.